The van der Waals surface area contributed by atoms with Crippen LogP contribution in [0.2, 0.25) is 0 Å². The van der Waals surface area contributed by atoms with Gasteiger partial charge in [0, 0.05) is 13.2 Å². The Morgan fingerprint density at radius 1 is 1.57 bits per heavy atom. The average Bonchev–Trinajstić information content (AvgIpc) is 2.03. The van der Waals surface area contributed by atoms with E-state index in [1.807, 2.05) is 0 Å². The lowest BCUT2D eigenvalue weighted by atomic mass is 10.3. The summed E-state index contributed by atoms with van der Waals surface area (Å²) in [7, 11) is 1.43. The second-order valence-corrected chi connectivity index (χ2v) is 2.94. The number of carboxylic acid groups (broad SMARTS) is 1. The van der Waals surface area contributed by atoms with E-state index in [1.165, 1.54) is 11.9 Å². The van der Waals surface area contributed by atoms with Crippen LogP contribution in [0.25, 0.3) is 0 Å². The fourth-order valence-electron chi connectivity index (χ4n) is 0.850. The molecule has 0 atom stereocenters. The summed E-state index contributed by atoms with van der Waals surface area (Å²) in [4.78, 5) is 11.3. The standard InChI is InChI=1S/C8H15F2NO3/c1-3-14-5-4-11(2)6-8(9,10)7(12)13/h3-6H2,1-2H3,(H,12,13). The Hall–Kier alpha value is -0.750. The third-order valence-electron chi connectivity index (χ3n) is 1.60. The SMILES string of the molecule is CCOCCN(C)CC(F)(F)C(=O)O. The summed E-state index contributed by atoms with van der Waals surface area (Å²) < 4.78 is 30.2. The summed E-state index contributed by atoms with van der Waals surface area (Å²) in [6.45, 7) is 2.13. The van der Waals surface area contributed by atoms with Crippen LogP contribution in [0, 0.1) is 0 Å². The van der Waals surface area contributed by atoms with Crippen molar-refractivity contribution in [3.05, 3.63) is 0 Å². The average molecular weight is 211 g/mol. The molecule has 0 aromatic heterocycles. The zero-order chi connectivity index (χ0) is 11.2. The first-order valence-electron chi connectivity index (χ1n) is 4.27. The van der Waals surface area contributed by atoms with E-state index in [-0.39, 0.29) is 6.54 Å². The lowest BCUT2D eigenvalue weighted by Crippen LogP contribution is -2.41. The molecule has 0 bridgehead atoms. The van der Waals surface area contributed by atoms with Crippen molar-refractivity contribution in [2.75, 3.05) is 33.4 Å². The van der Waals surface area contributed by atoms with E-state index in [2.05, 4.69) is 0 Å². The minimum Gasteiger partial charge on any atom is -0.477 e. The van der Waals surface area contributed by atoms with Gasteiger partial charge in [-0.1, -0.05) is 0 Å². The van der Waals surface area contributed by atoms with E-state index >= 15 is 0 Å². The number of rotatable bonds is 7. The van der Waals surface area contributed by atoms with Crippen LogP contribution in [0.4, 0.5) is 8.78 Å². The van der Waals surface area contributed by atoms with E-state index in [0.717, 1.165) is 0 Å². The number of hydrogen-bond acceptors (Lipinski definition) is 3. The van der Waals surface area contributed by atoms with E-state index in [9.17, 15) is 13.6 Å². The van der Waals surface area contributed by atoms with E-state index in [0.29, 0.717) is 13.2 Å². The molecule has 0 aromatic carbocycles. The molecule has 0 heterocycles. The maximum absolute atomic E-state index is 12.6. The van der Waals surface area contributed by atoms with Gasteiger partial charge in [-0.15, -0.1) is 0 Å². The summed E-state index contributed by atoms with van der Waals surface area (Å²) in [5.74, 6) is -5.79. The monoisotopic (exact) mass is 211 g/mol. The number of alkyl halides is 2. The van der Waals surface area contributed by atoms with Crippen LogP contribution >= 0.6 is 0 Å². The Morgan fingerprint density at radius 2 is 2.14 bits per heavy atom. The molecule has 0 rings (SSSR count). The topological polar surface area (TPSA) is 49.8 Å². The van der Waals surface area contributed by atoms with Gasteiger partial charge >= 0.3 is 11.9 Å². The first kappa shape index (κ1) is 13.2. The number of carboxylic acids is 1. The Labute approximate surface area is 81.5 Å². The van der Waals surface area contributed by atoms with Gasteiger partial charge in [0.25, 0.3) is 0 Å². The van der Waals surface area contributed by atoms with Gasteiger partial charge in [0.05, 0.1) is 13.2 Å². The van der Waals surface area contributed by atoms with Crippen molar-refractivity contribution < 1.29 is 23.4 Å². The number of aliphatic carboxylic acids is 1. The molecule has 6 heteroatoms. The first-order chi connectivity index (χ1) is 6.40. The molecular weight excluding hydrogens is 196 g/mol. The van der Waals surface area contributed by atoms with Gasteiger partial charge in [0.2, 0.25) is 0 Å². The van der Waals surface area contributed by atoms with Crippen LogP contribution in [0.15, 0.2) is 0 Å². The lowest BCUT2D eigenvalue weighted by Gasteiger charge is -2.20. The van der Waals surface area contributed by atoms with Crippen LogP contribution in [0.1, 0.15) is 6.92 Å². The highest BCUT2D eigenvalue weighted by atomic mass is 19.3. The Balaban J connectivity index is 3.81. The molecule has 0 spiro atoms. The molecule has 0 saturated heterocycles. The summed E-state index contributed by atoms with van der Waals surface area (Å²) in [6, 6.07) is 0. The molecule has 84 valence electrons. The molecule has 0 aliphatic rings. The number of likely N-dealkylation sites (N-methyl/N-ethyl adjacent to an activating group) is 1. The van der Waals surface area contributed by atoms with Crippen molar-refractivity contribution in [3.63, 3.8) is 0 Å². The predicted octanol–water partition coefficient (Wildman–Crippen LogP) is 0.675. The fourth-order valence-corrected chi connectivity index (χ4v) is 0.850. The fraction of sp³-hybridized carbons (Fsp3) is 0.875. The Bertz CT molecular complexity index is 187. The molecule has 14 heavy (non-hydrogen) atoms. The molecule has 0 saturated carbocycles. The largest absolute Gasteiger partial charge is 0.477 e. The first-order valence-corrected chi connectivity index (χ1v) is 4.27. The molecular formula is C8H15F2NO3. The lowest BCUT2D eigenvalue weighted by molar-refractivity contribution is -0.167. The second-order valence-electron chi connectivity index (χ2n) is 2.94. The molecule has 0 aliphatic heterocycles. The van der Waals surface area contributed by atoms with Gasteiger partial charge in [0.1, 0.15) is 0 Å². The minimum atomic E-state index is -3.69. The number of ether oxygens (including phenoxy) is 1. The quantitative estimate of drug-likeness (QED) is 0.629. The highest BCUT2D eigenvalue weighted by molar-refractivity contribution is 5.75. The highest BCUT2D eigenvalue weighted by Gasteiger charge is 2.39. The van der Waals surface area contributed by atoms with Crippen LogP contribution < -0.4 is 0 Å². The molecule has 0 radical (unpaired) electrons. The Kier molecular flexibility index (Phi) is 5.56. The minimum absolute atomic E-state index is 0.288. The van der Waals surface area contributed by atoms with Crippen molar-refractivity contribution in [3.8, 4) is 0 Å². The second kappa shape index (κ2) is 5.87. The van der Waals surface area contributed by atoms with E-state index < -0.39 is 18.4 Å². The smallest absolute Gasteiger partial charge is 0.375 e. The molecule has 0 amide bonds. The maximum Gasteiger partial charge on any atom is 0.375 e. The molecule has 0 aliphatic carbocycles. The van der Waals surface area contributed by atoms with Gasteiger partial charge in [-0.05, 0) is 14.0 Å². The molecule has 4 nitrogen and oxygen atoms in total. The van der Waals surface area contributed by atoms with Crippen molar-refractivity contribution in [1.82, 2.24) is 4.90 Å². The third-order valence-corrected chi connectivity index (χ3v) is 1.60. The summed E-state index contributed by atoms with van der Waals surface area (Å²) in [6.07, 6.45) is 0. The molecule has 1 N–H and O–H groups in total. The van der Waals surface area contributed by atoms with Gasteiger partial charge in [-0.2, -0.15) is 8.78 Å². The summed E-state index contributed by atoms with van der Waals surface area (Å²) in [5, 5.41) is 8.15. The van der Waals surface area contributed by atoms with Crippen LogP contribution in [0.3, 0.4) is 0 Å². The van der Waals surface area contributed by atoms with Crippen molar-refractivity contribution in [1.29, 1.82) is 0 Å². The van der Waals surface area contributed by atoms with E-state index in [4.69, 9.17) is 9.84 Å². The molecule has 0 aromatic rings. The zero-order valence-corrected chi connectivity index (χ0v) is 8.30. The third kappa shape index (κ3) is 5.08. The van der Waals surface area contributed by atoms with Crippen LogP contribution in [0.5, 0.6) is 0 Å². The normalized spacial score (nSPS) is 12.1. The zero-order valence-electron chi connectivity index (χ0n) is 8.30. The number of halogens is 2. The maximum atomic E-state index is 12.6. The predicted molar refractivity (Wildman–Crippen MR) is 46.6 cm³/mol. The number of carbonyl (C=O) groups is 1. The van der Waals surface area contributed by atoms with Crippen molar-refractivity contribution in [2.45, 2.75) is 12.8 Å². The van der Waals surface area contributed by atoms with Crippen LogP contribution in [-0.2, 0) is 9.53 Å². The molecule has 0 fully saturated rings. The van der Waals surface area contributed by atoms with Crippen LogP contribution in [-0.4, -0.2) is 55.2 Å². The van der Waals surface area contributed by atoms with Gasteiger partial charge in [0.15, 0.2) is 0 Å². The van der Waals surface area contributed by atoms with Gasteiger partial charge < -0.3 is 9.84 Å². The van der Waals surface area contributed by atoms with E-state index in [1.54, 1.807) is 6.92 Å². The summed E-state index contributed by atoms with van der Waals surface area (Å²) in [5.41, 5.74) is 0. The Morgan fingerprint density at radius 3 is 2.57 bits per heavy atom. The number of hydrogen-bond donors (Lipinski definition) is 1. The van der Waals surface area contributed by atoms with Crippen molar-refractivity contribution in [2.24, 2.45) is 0 Å². The summed E-state index contributed by atoms with van der Waals surface area (Å²) >= 11 is 0. The molecule has 0 unspecified atom stereocenters. The highest BCUT2D eigenvalue weighted by Crippen LogP contribution is 2.14. The number of nitrogens with zero attached hydrogens (tertiary/aromatic N) is 1. The van der Waals surface area contributed by atoms with Gasteiger partial charge in [-0.25, -0.2) is 4.79 Å². The van der Waals surface area contributed by atoms with Crippen molar-refractivity contribution >= 4 is 5.97 Å². The van der Waals surface area contributed by atoms with Gasteiger partial charge in [-0.3, -0.25) is 4.90 Å².